The first-order valence-electron chi connectivity index (χ1n) is 9.00. The van der Waals surface area contributed by atoms with Gasteiger partial charge in [-0.2, -0.15) is 0 Å². The lowest BCUT2D eigenvalue weighted by molar-refractivity contribution is -0.128. The van der Waals surface area contributed by atoms with Crippen LogP contribution in [0.4, 0.5) is 5.95 Å². The summed E-state index contributed by atoms with van der Waals surface area (Å²) in [5.74, 6) is 1.50. The number of aromatic nitrogens is 4. The van der Waals surface area contributed by atoms with Gasteiger partial charge in [0.1, 0.15) is 11.4 Å². The van der Waals surface area contributed by atoms with E-state index >= 15 is 0 Å². The number of aromatic amines is 1. The molecule has 0 saturated carbocycles. The van der Waals surface area contributed by atoms with E-state index in [1.54, 1.807) is 26.4 Å². The molecule has 1 saturated heterocycles. The van der Waals surface area contributed by atoms with E-state index in [0.717, 1.165) is 48.3 Å². The lowest BCUT2D eigenvalue weighted by atomic mass is 10.1. The molecule has 1 aliphatic rings. The summed E-state index contributed by atoms with van der Waals surface area (Å²) in [5.41, 5.74) is 2.58. The van der Waals surface area contributed by atoms with Crippen LogP contribution in [0.15, 0.2) is 30.7 Å². The lowest BCUT2D eigenvalue weighted by Crippen LogP contribution is -2.34. The normalized spacial score (nSPS) is 15.0. The highest BCUT2D eigenvalue weighted by molar-refractivity contribution is 5.93. The molecule has 0 unspecified atom stereocenters. The first-order valence-corrected chi connectivity index (χ1v) is 9.00. The third-order valence-electron chi connectivity index (χ3n) is 4.88. The summed E-state index contributed by atoms with van der Waals surface area (Å²) in [6.07, 6.45) is 6.27. The summed E-state index contributed by atoms with van der Waals surface area (Å²) in [6, 6.07) is 3.85. The Hall–Kier alpha value is -3.16. The molecule has 0 radical (unpaired) electrons. The zero-order chi connectivity index (χ0) is 18.8. The highest BCUT2D eigenvalue weighted by Gasteiger charge is 2.19. The number of nitrogens with one attached hydrogen (secondary N) is 1. The summed E-state index contributed by atoms with van der Waals surface area (Å²) in [6.45, 7) is 4.64. The van der Waals surface area contributed by atoms with Gasteiger partial charge in [-0.15, -0.1) is 0 Å². The molecule has 1 N–H and O–H groups in total. The number of ether oxygens (including phenoxy) is 1. The van der Waals surface area contributed by atoms with E-state index in [9.17, 15) is 4.79 Å². The summed E-state index contributed by atoms with van der Waals surface area (Å²) >= 11 is 0. The summed E-state index contributed by atoms with van der Waals surface area (Å²) in [5, 5.41) is 0.956. The number of carbonyl (C=O) groups excluding carboxylic acids is 1. The van der Waals surface area contributed by atoms with Gasteiger partial charge in [0.25, 0.3) is 0 Å². The molecule has 0 bridgehead atoms. The van der Waals surface area contributed by atoms with Gasteiger partial charge >= 0.3 is 0 Å². The second kappa shape index (κ2) is 7.22. The second-order valence-corrected chi connectivity index (χ2v) is 6.56. The van der Waals surface area contributed by atoms with Crippen LogP contribution in [0.1, 0.15) is 14.8 Å². The third-order valence-corrected chi connectivity index (χ3v) is 4.88. The summed E-state index contributed by atoms with van der Waals surface area (Å²) in [4.78, 5) is 32.4. The molecule has 27 heavy (non-hydrogen) atoms. The monoisotopic (exact) mass is 368 g/mol. The molecule has 1 aliphatic heterocycles. The van der Waals surface area contributed by atoms with Gasteiger partial charge in [-0.05, 0) is 18.6 Å². The molecular weight excluding hydrogens is 344 g/mol. The van der Waals surface area contributed by atoms with E-state index in [-0.39, 0.29) is 7.33 Å². The molecule has 1 amide bonds. The van der Waals surface area contributed by atoms with Gasteiger partial charge in [-0.1, -0.05) is 0 Å². The Morgan fingerprint density at radius 2 is 2.15 bits per heavy atom. The van der Waals surface area contributed by atoms with Crippen molar-refractivity contribution in [2.45, 2.75) is 13.3 Å². The fourth-order valence-electron chi connectivity index (χ4n) is 3.39. The average molecular weight is 368 g/mol. The zero-order valence-corrected chi connectivity index (χ0v) is 15.5. The summed E-state index contributed by atoms with van der Waals surface area (Å²) < 4.78 is 5.30. The first-order chi connectivity index (χ1) is 13.2. The van der Waals surface area contributed by atoms with E-state index in [2.05, 4.69) is 19.9 Å². The Bertz CT molecular complexity index is 976. The Balaban J connectivity index is 0.00000225. The zero-order valence-electron chi connectivity index (χ0n) is 15.5. The maximum absolute atomic E-state index is 11.6. The van der Waals surface area contributed by atoms with Gasteiger partial charge in [0.05, 0.1) is 19.0 Å². The number of nitrogens with zero attached hydrogens (tertiary/aromatic N) is 5. The second-order valence-electron chi connectivity index (χ2n) is 6.56. The fourth-order valence-corrected chi connectivity index (χ4v) is 3.39. The van der Waals surface area contributed by atoms with Gasteiger partial charge in [-0.3, -0.25) is 4.79 Å². The SMILES string of the molecule is COc1cnc2[nH]cc(-c3ccnc(N4CCCN(C(C)=O)CC4)n3)c2c1.[HH]. The summed E-state index contributed by atoms with van der Waals surface area (Å²) in [7, 11) is 1.63. The molecule has 4 heterocycles. The predicted molar refractivity (Wildman–Crippen MR) is 105 cm³/mol. The van der Waals surface area contributed by atoms with Crippen LogP contribution in [-0.4, -0.2) is 64.0 Å². The van der Waals surface area contributed by atoms with Crippen molar-refractivity contribution in [2.24, 2.45) is 0 Å². The molecule has 8 nitrogen and oxygen atoms in total. The topological polar surface area (TPSA) is 87.2 Å². The van der Waals surface area contributed by atoms with Gasteiger partial charge < -0.3 is 19.5 Å². The smallest absolute Gasteiger partial charge is 0.225 e. The van der Waals surface area contributed by atoms with Crippen molar-refractivity contribution >= 4 is 22.9 Å². The van der Waals surface area contributed by atoms with Crippen LogP contribution in [0.3, 0.4) is 0 Å². The van der Waals surface area contributed by atoms with Crippen LogP contribution in [0.2, 0.25) is 0 Å². The average Bonchev–Trinajstić information content (AvgIpc) is 2.94. The molecule has 3 aromatic heterocycles. The maximum Gasteiger partial charge on any atom is 0.225 e. The molecule has 4 rings (SSSR count). The standard InChI is InChI=1S/C19H22N6O2.H2/c1-13(26)24-6-3-7-25(9-8-24)19-20-5-4-17(23-19)16-12-22-18-15(16)10-14(27-2)11-21-18;/h4-5,10-12H,3,6-9H2,1-2H3,(H,21,22);1H. The third kappa shape index (κ3) is 3.42. The molecule has 142 valence electrons. The lowest BCUT2D eigenvalue weighted by Gasteiger charge is -2.21. The van der Waals surface area contributed by atoms with Crippen LogP contribution >= 0.6 is 0 Å². The minimum Gasteiger partial charge on any atom is -0.495 e. The van der Waals surface area contributed by atoms with Crippen molar-refractivity contribution in [3.05, 3.63) is 30.7 Å². The number of pyridine rings is 1. The quantitative estimate of drug-likeness (QED) is 0.763. The van der Waals surface area contributed by atoms with E-state index in [1.165, 1.54) is 0 Å². The van der Waals surface area contributed by atoms with E-state index < -0.39 is 0 Å². The molecule has 0 atom stereocenters. The van der Waals surface area contributed by atoms with Crippen molar-refractivity contribution in [3.8, 4) is 17.0 Å². The molecule has 1 fully saturated rings. The van der Waals surface area contributed by atoms with E-state index in [4.69, 9.17) is 9.72 Å². The molecule has 0 aliphatic carbocycles. The van der Waals surface area contributed by atoms with E-state index in [0.29, 0.717) is 18.2 Å². The Kier molecular flexibility index (Phi) is 4.62. The number of carbonyl (C=O) groups is 1. The number of methoxy groups -OCH3 is 1. The Morgan fingerprint density at radius 3 is 2.96 bits per heavy atom. The van der Waals surface area contributed by atoms with Crippen LogP contribution in [0.25, 0.3) is 22.3 Å². The minimum absolute atomic E-state index is 0. The number of hydrogen-bond acceptors (Lipinski definition) is 6. The molecular formula is C19H24N6O2. The van der Waals surface area contributed by atoms with Crippen LogP contribution in [0, 0.1) is 0 Å². The Labute approximate surface area is 158 Å². The van der Waals surface area contributed by atoms with Crippen LogP contribution in [0.5, 0.6) is 5.75 Å². The molecule has 0 spiro atoms. The molecule has 3 aromatic rings. The van der Waals surface area contributed by atoms with Crippen molar-refractivity contribution in [2.75, 3.05) is 38.2 Å². The highest BCUT2D eigenvalue weighted by atomic mass is 16.5. The van der Waals surface area contributed by atoms with Crippen LogP contribution in [-0.2, 0) is 4.79 Å². The number of anilines is 1. The first kappa shape index (κ1) is 17.3. The van der Waals surface area contributed by atoms with Gasteiger partial charge in [0.2, 0.25) is 11.9 Å². The van der Waals surface area contributed by atoms with Crippen LogP contribution < -0.4 is 9.64 Å². The highest BCUT2D eigenvalue weighted by Crippen LogP contribution is 2.29. The number of rotatable bonds is 3. The number of amides is 1. The Morgan fingerprint density at radius 1 is 1.26 bits per heavy atom. The van der Waals surface area contributed by atoms with Crippen molar-refractivity contribution in [3.63, 3.8) is 0 Å². The molecule has 8 heteroatoms. The van der Waals surface area contributed by atoms with Crippen molar-refractivity contribution in [1.82, 2.24) is 24.8 Å². The largest absolute Gasteiger partial charge is 0.495 e. The number of H-pyrrole nitrogens is 1. The predicted octanol–water partition coefficient (Wildman–Crippen LogP) is 2.33. The maximum atomic E-state index is 11.6. The van der Waals surface area contributed by atoms with Gasteiger partial charge in [0.15, 0.2) is 0 Å². The molecule has 0 aromatic carbocycles. The van der Waals surface area contributed by atoms with Gasteiger partial charge in [0, 0.05) is 57.9 Å². The number of hydrogen-bond donors (Lipinski definition) is 1. The van der Waals surface area contributed by atoms with E-state index in [1.807, 2.05) is 23.2 Å². The van der Waals surface area contributed by atoms with Crippen molar-refractivity contribution < 1.29 is 11.0 Å². The van der Waals surface area contributed by atoms with Crippen molar-refractivity contribution in [1.29, 1.82) is 0 Å². The van der Waals surface area contributed by atoms with Gasteiger partial charge in [-0.25, -0.2) is 15.0 Å². The number of fused-ring (bicyclic) bond motifs is 1. The minimum atomic E-state index is 0. The fraction of sp³-hybridized carbons (Fsp3) is 0.368.